The first-order valence-corrected chi connectivity index (χ1v) is 6.52. The first-order chi connectivity index (χ1) is 9.75. The van der Waals surface area contributed by atoms with Gasteiger partial charge in [-0.3, -0.25) is 0 Å². The average Bonchev–Trinajstić information content (AvgIpc) is 2.39. The number of nitrogens with zero attached hydrogens (tertiary/aromatic N) is 3. The van der Waals surface area contributed by atoms with Crippen LogP contribution in [-0.4, -0.2) is 17.0 Å². The topological polar surface area (TPSA) is 29.0 Å². The van der Waals surface area contributed by atoms with Crippen LogP contribution in [0.2, 0.25) is 5.15 Å². The van der Waals surface area contributed by atoms with E-state index in [4.69, 9.17) is 11.6 Å². The van der Waals surface area contributed by atoms with E-state index in [-0.39, 0.29) is 11.0 Å². The average molecular weight is 316 g/mol. The van der Waals surface area contributed by atoms with Crippen molar-refractivity contribution >= 4 is 17.4 Å². The van der Waals surface area contributed by atoms with Crippen molar-refractivity contribution in [3.8, 4) is 0 Å². The van der Waals surface area contributed by atoms with Crippen molar-refractivity contribution in [3.05, 3.63) is 52.4 Å². The molecule has 7 heteroatoms. The van der Waals surface area contributed by atoms with Gasteiger partial charge in [0.1, 0.15) is 11.0 Å². The number of alkyl halides is 3. The van der Waals surface area contributed by atoms with Crippen molar-refractivity contribution in [1.29, 1.82) is 0 Å². The predicted octanol–water partition coefficient (Wildman–Crippen LogP) is 4.09. The molecule has 0 amide bonds. The van der Waals surface area contributed by atoms with E-state index in [9.17, 15) is 13.2 Å². The van der Waals surface area contributed by atoms with Crippen LogP contribution in [0.1, 0.15) is 17.0 Å². The molecule has 3 nitrogen and oxygen atoms in total. The van der Waals surface area contributed by atoms with Gasteiger partial charge in [-0.2, -0.15) is 13.2 Å². The fourth-order valence-electron chi connectivity index (χ4n) is 1.78. The fraction of sp³-hybridized carbons (Fsp3) is 0.286. The van der Waals surface area contributed by atoms with Gasteiger partial charge in [-0.15, -0.1) is 0 Å². The summed E-state index contributed by atoms with van der Waals surface area (Å²) in [5, 5.41) is -0.233. The summed E-state index contributed by atoms with van der Waals surface area (Å²) in [6.45, 7) is 2.39. The third kappa shape index (κ3) is 4.07. The summed E-state index contributed by atoms with van der Waals surface area (Å²) in [5.74, 6) is -1.11. The first kappa shape index (κ1) is 15.6. The molecule has 0 aliphatic carbocycles. The molecule has 1 aromatic heterocycles. The van der Waals surface area contributed by atoms with Crippen molar-refractivity contribution < 1.29 is 13.2 Å². The van der Waals surface area contributed by atoms with E-state index < -0.39 is 12.0 Å². The van der Waals surface area contributed by atoms with Gasteiger partial charge in [-0.1, -0.05) is 41.4 Å². The van der Waals surface area contributed by atoms with Gasteiger partial charge in [0.2, 0.25) is 5.82 Å². The van der Waals surface area contributed by atoms with Gasteiger partial charge in [-0.25, -0.2) is 9.97 Å². The molecule has 2 aromatic rings. The molecule has 0 saturated heterocycles. The number of rotatable bonds is 3. The molecule has 112 valence electrons. The van der Waals surface area contributed by atoms with E-state index in [1.54, 1.807) is 11.9 Å². The Hall–Kier alpha value is -1.82. The Kier molecular flexibility index (Phi) is 4.37. The van der Waals surface area contributed by atoms with Gasteiger partial charge >= 0.3 is 6.18 Å². The van der Waals surface area contributed by atoms with E-state index in [0.717, 1.165) is 11.1 Å². The second kappa shape index (κ2) is 5.89. The summed E-state index contributed by atoms with van der Waals surface area (Å²) >= 11 is 5.65. The Balaban J connectivity index is 2.24. The van der Waals surface area contributed by atoms with Crippen molar-refractivity contribution in [3.63, 3.8) is 0 Å². The lowest BCUT2D eigenvalue weighted by Crippen LogP contribution is -2.20. The Bertz CT molecular complexity index is 626. The lowest BCUT2D eigenvalue weighted by Gasteiger charge is -2.19. The summed E-state index contributed by atoms with van der Waals surface area (Å²) in [5.41, 5.74) is 2.08. The molecule has 1 aromatic carbocycles. The molecule has 0 N–H and O–H groups in total. The maximum Gasteiger partial charge on any atom is 0.451 e. The van der Waals surface area contributed by atoms with Gasteiger partial charge in [0.25, 0.3) is 0 Å². The minimum atomic E-state index is -4.62. The monoisotopic (exact) mass is 315 g/mol. The first-order valence-electron chi connectivity index (χ1n) is 6.14. The van der Waals surface area contributed by atoms with Crippen molar-refractivity contribution in [2.45, 2.75) is 19.6 Å². The maximum absolute atomic E-state index is 12.7. The predicted molar refractivity (Wildman–Crippen MR) is 75.3 cm³/mol. The molecule has 0 aliphatic rings. The van der Waals surface area contributed by atoms with Gasteiger partial charge in [0.05, 0.1) is 0 Å². The van der Waals surface area contributed by atoms with Gasteiger partial charge in [-0.05, 0) is 12.5 Å². The smallest absolute Gasteiger partial charge is 0.355 e. The quantitative estimate of drug-likeness (QED) is 0.799. The number of hydrogen-bond donors (Lipinski definition) is 0. The highest BCUT2D eigenvalue weighted by Gasteiger charge is 2.35. The lowest BCUT2D eigenvalue weighted by atomic mass is 10.1. The van der Waals surface area contributed by atoms with E-state index >= 15 is 0 Å². The normalized spacial score (nSPS) is 11.5. The zero-order valence-corrected chi connectivity index (χ0v) is 12.2. The Morgan fingerprint density at radius 3 is 2.33 bits per heavy atom. The molecule has 21 heavy (non-hydrogen) atoms. The summed E-state index contributed by atoms with van der Waals surface area (Å²) < 4.78 is 38.0. The number of aromatic nitrogens is 2. The number of anilines is 1. The van der Waals surface area contributed by atoms with E-state index in [1.807, 2.05) is 31.2 Å². The van der Waals surface area contributed by atoms with Crippen molar-refractivity contribution in [1.82, 2.24) is 9.97 Å². The Morgan fingerprint density at radius 2 is 1.76 bits per heavy atom. The summed E-state index contributed by atoms with van der Waals surface area (Å²) in [6.07, 6.45) is -4.62. The molecule has 1 heterocycles. The van der Waals surface area contributed by atoms with E-state index in [2.05, 4.69) is 9.97 Å². The second-order valence-corrected chi connectivity index (χ2v) is 5.10. The molecule has 0 atom stereocenters. The molecule has 0 unspecified atom stereocenters. The van der Waals surface area contributed by atoms with Crippen LogP contribution in [-0.2, 0) is 12.7 Å². The highest BCUT2D eigenvalue weighted by atomic mass is 35.5. The van der Waals surface area contributed by atoms with Crippen LogP contribution < -0.4 is 4.90 Å². The zero-order valence-electron chi connectivity index (χ0n) is 11.4. The second-order valence-electron chi connectivity index (χ2n) is 4.71. The van der Waals surface area contributed by atoms with Crippen molar-refractivity contribution in [2.24, 2.45) is 0 Å². The molecule has 0 bridgehead atoms. The molecular weight excluding hydrogens is 303 g/mol. The minimum absolute atomic E-state index is 0.128. The Morgan fingerprint density at radius 1 is 1.14 bits per heavy atom. The SMILES string of the molecule is Cc1ccc(CN(C)c2cc(Cl)nc(C(F)(F)F)n2)cc1. The molecule has 0 aliphatic heterocycles. The number of hydrogen-bond acceptors (Lipinski definition) is 3. The highest BCUT2D eigenvalue weighted by molar-refractivity contribution is 6.29. The van der Waals surface area contributed by atoms with Gasteiger partial charge in [0.15, 0.2) is 0 Å². The number of benzene rings is 1. The summed E-state index contributed by atoms with van der Waals surface area (Å²) in [7, 11) is 1.65. The van der Waals surface area contributed by atoms with Crippen LogP contribution in [0.4, 0.5) is 19.0 Å². The van der Waals surface area contributed by atoms with Crippen LogP contribution in [0.3, 0.4) is 0 Å². The van der Waals surface area contributed by atoms with Crippen molar-refractivity contribution in [2.75, 3.05) is 11.9 Å². The Labute approximate surface area is 125 Å². The third-order valence-corrected chi connectivity index (χ3v) is 3.06. The zero-order chi connectivity index (χ0) is 15.6. The van der Waals surface area contributed by atoms with Crippen LogP contribution >= 0.6 is 11.6 Å². The lowest BCUT2D eigenvalue weighted by molar-refractivity contribution is -0.144. The standard InChI is InChI=1S/C14H13ClF3N3/c1-9-3-5-10(6-4-9)8-21(2)12-7-11(15)19-13(20-12)14(16,17)18/h3-7H,8H2,1-2H3. The van der Waals surface area contributed by atoms with Crippen LogP contribution in [0, 0.1) is 6.92 Å². The molecule has 0 spiro atoms. The van der Waals surface area contributed by atoms with Crippen LogP contribution in [0.5, 0.6) is 0 Å². The van der Waals surface area contributed by atoms with Gasteiger partial charge in [0, 0.05) is 19.7 Å². The molecule has 2 rings (SSSR count). The number of halogens is 4. The summed E-state index contributed by atoms with van der Waals surface area (Å²) in [6, 6.07) is 9.03. The van der Waals surface area contributed by atoms with Crippen LogP contribution in [0.15, 0.2) is 30.3 Å². The molecule has 0 fully saturated rings. The molecule has 0 radical (unpaired) electrons. The molecular formula is C14H13ClF3N3. The summed E-state index contributed by atoms with van der Waals surface area (Å²) in [4.78, 5) is 8.32. The van der Waals surface area contributed by atoms with E-state index in [0.29, 0.717) is 6.54 Å². The maximum atomic E-state index is 12.7. The third-order valence-electron chi connectivity index (χ3n) is 2.87. The molecule has 0 saturated carbocycles. The highest BCUT2D eigenvalue weighted by Crippen LogP contribution is 2.29. The minimum Gasteiger partial charge on any atom is -0.355 e. The largest absolute Gasteiger partial charge is 0.451 e. The number of aryl methyl sites for hydroxylation is 1. The fourth-order valence-corrected chi connectivity index (χ4v) is 1.95. The van der Waals surface area contributed by atoms with Crippen LogP contribution in [0.25, 0.3) is 0 Å². The van der Waals surface area contributed by atoms with E-state index in [1.165, 1.54) is 6.07 Å². The van der Waals surface area contributed by atoms with Gasteiger partial charge < -0.3 is 4.90 Å².